The fourth-order valence-electron chi connectivity index (χ4n) is 2.22. The first-order valence-corrected chi connectivity index (χ1v) is 8.05. The molecule has 2 rings (SSSR count). The molecule has 0 bridgehead atoms. The first-order chi connectivity index (χ1) is 11.9. The maximum absolute atomic E-state index is 13.3. The van der Waals surface area contributed by atoms with Crippen LogP contribution in [-0.4, -0.2) is 25.0 Å². The Balaban J connectivity index is 2.16. The van der Waals surface area contributed by atoms with Crippen molar-refractivity contribution in [3.63, 3.8) is 0 Å². The molecule has 0 atom stereocenters. The van der Waals surface area contributed by atoms with Gasteiger partial charge in [-0.3, -0.25) is 9.59 Å². The van der Waals surface area contributed by atoms with E-state index in [0.29, 0.717) is 23.7 Å². The van der Waals surface area contributed by atoms with E-state index in [2.05, 4.69) is 5.32 Å². The van der Waals surface area contributed by atoms with Gasteiger partial charge in [0.25, 0.3) is 0 Å². The third-order valence-corrected chi connectivity index (χ3v) is 3.65. The third-order valence-electron chi connectivity index (χ3n) is 3.36. The highest BCUT2D eigenvalue weighted by Gasteiger charge is 2.18. The van der Waals surface area contributed by atoms with E-state index in [4.69, 9.17) is 16.3 Å². The van der Waals surface area contributed by atoms with Crippen LogP contribution in [0.2, 0.25) is 5.02 Å². The number of hydrogen-bond donors (Lipinski definition) is 1. The van der Waals surface area contributed by atoms with Gasteiger partial charge in [0.15, 0.2) is 0 Å². The molecule has 7 heteroatoms. The number of rotatable bonds is 6. The van der Waals surface area contributed by atoms with Crippen molar-refractivity contribution in [2.75, 3.05) is 23.4 Å². The number of ether oxygens (including phenoxy) is 1. The standard InChI is InChI=1S/C18H18ClFN2O3/c1-3-25-17-7-5-4-6-16(17)21-18(24)11-22(12(2)23)13-8-9-15(20)14(19)10-13/h4-10H,3,11H2,1-2H3,(H,21,24). The van der Waals surface area contributed by atoms with Crippen LogP contribution < -0.4 is 15.0 Å². The average Bonchev–Trinajstić information content (AvgIpc) is 2.57. The first kappa shape index (κ1) is 18.7. The molecule has 0 aliphatic carbocycles. The Morgan fingerprint density at radius 3 is 2.60 bits per heavy atom. The molecular formula is C18H18ClFN2O3. The molecule has 0 aliphatic heterocycles. The number of amides is 2. The van der Waals surface area contributed by atoms with Crippen LogP contribution in [0.25, 0.3) is 0 Å². The van der Waals surface area contributed by atoms with Crippen LogP contribution in [0.4, 0.5) is 15.8 Å². The lowest BCUT2D eigenvalue weighted by Gasteiger charge is -2.21. The minimum Gasteiger partial charge on any atom is -0.492 e. The Kier molecular flexibility index (Phi) is 6.36. The lowest BCUT2D eigenvalue weighted by molar-refractivity contribution is -0.120. The van der Waals surface area contributed by atoms with Crippen LogP contribution in [0.5, 0.6) is 5.75 Å². The summed E-state index contributed by atoms with van der Waals surface area (Å²) >= 11 is 5.75. The van der Waals surface area contributed by atoms with Crippen LogP contribution in [0, 0.1) is 5.82 Å². The molecule has 5 nitrogen and oxygen atoms in total. The minimum absolute atomic E-state index is 0.120. The van der Waals surface area contributed by atoms with Gasteiger partial charge in [0, 0.05) is 12.6 Å². The van der Waals surface area contributed by atoms with E-state index in [-0.39, 0.29) is 17.5 Å². The second-order valence-electron chi connectivity index (χ2n) is 5.18. The summed E-state index contributed by atoms with van der Waals surface area (Å²) in [5, 5.41) is 2.59. The largest absolute Gasteiger partial charge is 0.492 e. The van der Waals surface area contributed by atoms with E-state index in [9.17, 15) is 14.0 Å². The highest BCUT2D eigenvalue weighted by Crippen LogP contribution is 2.25. The molecule has 2 amide bonds. The molecule has 0 saturated heterocycles. The Morgan fingerprint density at radius 2 is 1.96 bits per heavy atom. The van der Waals surface area contributed by atoms with Crippen molar-refractivity contribution in [3.8, 4) is 5.75 Å². The van der Waals surface area contributed by atoms with Gasteiger partial charge in [-0.25, -0.2) is 4.39 Å². The maximum Gasteiger partial charge on any atom is 0.244 e. The molecular weight excluding hydrogens is 347 g/mol. The summed E-state index contributed by atoms with van der Waals surface area (Å²) in [7, 11) is 0. The second-order valence-corrected chi connectivity index (χ2v) is 5.59. The Bertz CT molecular complexity index is 783. The number of nitrogens with one attached hydrogen (secondary N) is 1. The lowest BCUT2D eigenvalue weighted by Crippen LogP contribution is -2.36. The zero-order chi connectivity index (χ0) is 18.4. The molecule has 0 unspecified atom stereocenters. The fourth-order valence-corrected chi connectivity index (χ4v) is 2.40. The summed E-state index contributed by atoms with van der Waals surface area (Å²) in [6.45, 7) is 3.38. The number of anilines is 2. The smallest absolute Gasteiger partial charge is 0.244 e. The number of nitrogens with zero attached hydrogens (tertiary/aromatic N) is 1. The molecule has 0 aliphatic rings. The van der Waals surface area contributed by atoms with Gasteiger partial charge in [0.2, 0.25) is 11.8 Å². The van der Waals surface area contributed by atoms with Crippen molar-refractivity contribution in [1.82, 2.24) is 0 Å². The van der Waals surface area contributed by atoms with Gasteiger partial charge in [0.05, 0.1) is 17.3 Å². The fraction of sp³-hybridized carbons (Fsp3) is 0.222. The molecule has 0 radical (unpaired) electrons. The highest BCUT2D eigenvalue weighted by atomic mass is 35.5. The number of hydrogen-bond acceptors (Lipinski definition) is 3. The van der Waals surface area contributed by atoms with E-state index in [0.717, 1.165) is 6.07 Å². The number of halogens is 2. The second kappa shape index (κ2) is 8.48. The van der Waals surface area contributed by atoms with Gasteiger partial charge in [0.1, 0.15) is 18.1 Å². The quantitative estimate of drug-likeness (QED) is 0.846. The van der Waals surface area contributed by atoms with Crippen LogP contribution in [0.15, 0.2) is 42.5 Å². The van der Waals surface area contributed by atoms with Gasteiger partial charge < -0.3 is 15.0 Å². The number of para-hydroxylation sites is 2. The lowest BCUT2D eigenvalue weighted by atomic mass is 10.2. The van der Waals surface area contributed by atoms with E-state index >= 15 is 0 Å². The first-order valence-electron chi connectivity index (χ1n) is 7.67. The van der Waals surface area contributed by atoms with Crippen molar-refractivity contribution in [1.29, 1.82) is 0 Å². The molecule has 0 heterocycles. The maximum atomic E-state index is 13.3. The van der Waals surface area contributed by atoms with Crippen molar-refractivity contribution < 1.29 is 18.7 Å². The molecule has 0 aromatic heterocycles. The van der Waals surface area contributed by atoms with Gasteiger partial charge in [-0.15, -0.1) is 0 Å². The Labute approximate surface area is 150 Å². The summed E-state index contributed by atoms with van der Waals surface area (Å²) in [6.07, 6.45) is 0. The molecule has 25 heavy (non-hydrogen) atoms. The SMILES string of the molecule is CCOc1ccccc1NC(=O)CN(C(C)=O)c1ccc(F)c(Cl)c1. The van der Waals surface area contributed by atoms with Crippen LogP contribution in [0.3, 0.4) is 0 Å². The zero-order valence-corrected chi connectivity index (χ0v) is 14.6. The third kappa shape index (κ3) is 4.93. The van der Waals surface area contributed by atoms with Crippen LogP contribution in [0.1, 0.15) is 13.8 Å². The van der Waals surface area contributed by atoms with E-state index < -0.39 is 11.7 Å². The topological polar surface area (TPSA) is 58.6 Å². The summed E-state index contributed by atoms with van der Waals surface area (Å²) in [5.74, 6) is -0.833. The van der Waals surface area contributed by atoms with E-state index in [1.807, 2.05) is 6.92 Å². The normalized spacial score (nSPS) is 10.2. The predicted octanol–water partition coefficient (Wildman–Crippen LogP) is 3.87. The van der Waals surface area contributed by atoms with Crippen LogP contribution >= 0.6 is 11.6 Å². The number of carbonyl (C=O) groups excluding carboxylic acids is 2. The van der Waals surface area contributed by atoms with E-state index in [1.54, 1.807) is 24.3 Å². The minimum atomic E-state index is -0.594. The molecule has 0 fully saturated rings. The van der Waals surface area contributed by atoms with Gasteiger partial charge in [-0.05, 0) is 37.3 Å². The highest BCUT2D eigenvalue weighted by molar-refractivity contribution is 6.31. The summed E-state index contributed by atoms with van der Waals surface area (Å²) in [5.41, 5.74) is 0.849. The van der Waals surface area contributed by atoms with Crippen molar-refractivity contribution in [2.45, 2.75) is 13.8 Å². The Morgan fingerprint density at radius 1 is 1.24 bits per heavy atom. The molecule has 2 aromatic rings. The summed E-state index contributed by atoms with van der Waals surface area (Å²) in [6, 6.07) is 10.8. The monoisotopic (exact) mass is 364 g/mol. The van der Waals surface area contributed by atoms with Gasteiger partial charge in [-0.2, -0.15) is 0 Å². The molecule has 132 valence electrons. The Hall–Kier alpha value is -2.60. The predicted molar refractivity (Wildman–Crippen MR) is 95.7 cm³/mol. The van der Waals surface area contributed by atoms with E-state index in [1.165, 1.54) is 24.0 Å². The number of benzene rings is 2. The van der Waals surface area contributed by atoms with Crippen molar-refractivity contribution in [2.24, 2.45) is 0 Å². The molecule has 0 spiro atoms. The zero-order valence-electron chi connectivity index (χ0n) is 13.9. The summed E-state index contributed by atoms with van der Waals surface area (Å²) < 4.78 is 18.8. The molecule has 2 aromatic carbocycles. The van der Waals surface area contributed by atoms with Crippen LogP contribution in [-0.2, 0) is 9.59 Å². The van der Waals surface area contributed by atoms with Crippen molar-refractivity contribution >= 4 is 34.8 Å². The molecule has 0 saturated carbocycles. The van der Waals surface area contributed by atoms with Gasteiger partial charge in [-0.1, -0.05) is 23.7 Å². The number of carbonyl (C=O) groups is 2. The van der Waals surface area contributed by atoms with Crippen molar-refractivity contribution in [3.05, 3.63) is 53.3 Å². The average molecular weight is 365 g/mol. The summed E-state index contributed by atoms with van der Waals surface area (Å²) in [4.78, 5) is 25.4. The molecule has 1 N–H and O–H groups in total. The van der Waals surface area contributed by atoms with Gasteiger partial charge >= 0.3 is 0 Å².